The van der Waals surface area contributed by atoms with Gasteiger partial charge in [0.05, 0.1) is 11.9 Å². The van der Waals surface area contributed by atoms with E-state index in [0.717, 1.165) is 0 Å². The Hall–Kier alpha value is -1.87. The second-order valence-corrected chi connectivity index (χ2v) is 3.96. The highest BCUT2D eigenvalue weighted by Gasteiger charge is 2.20. The van der Waals surface area contributed by atoms with Crippen LogP contribution in [0.2, 0.25) is 0 Å². The molecule has 3 heteroatoms. The number of hydrogen-bond acceptors (Lipinski definition) is 3. The van der Waals surface area contributed by atoms with E-state index in [4.69, 9.17) is 11.7 Å². The third-order valence-electron chi connectivity index (χ3n) is 1.74. The smallest absolute Gasteiger partial charge is 0.163 e. The van der Waals surface area contributed by atoms with Crippen molar-refractivity contribution in [1.82, 2.24) is 9.97 Å². The van der Waals surface area contributed by atoms with E-state index in [1.807, 2.05) is 26.8 Å². The number of nitrogens with zero attached hydrogens (tertiary/aromatic N) is 3. The first-order chi connectivity index (χ1) is 6.49. The van der Waals surface area contributed by atoms with E-state index in [-0.39, 0.29) is 5.41 Å². The molecule has 0 aliphatic carbocycles. The fourth-order valence-electron chi connectivity index (χ4n) is 1.09. The van der Waals surface area contributed by atoms with E-state index in [1.165, 1.54) is 6.20 Å². The van der Waals surface area contributed by atoms with Gasteiger partial charge in [0.15, 0.2) is 5.69 Å². The quantitative estimate of drug-likeness (QED) is 0.577. The van der Waals surface area contributed by atoms with Gasteiger partial charge in [0.25, 0.3) is 0 Å². The van der Waals surface area contributed by atoms with Crippen LogP contribution in [0.15, 0.2) is 6.20 Å². The average molecular weight is 185 g/mol. The van der Waals surface area contributed by atoms with Gasteiger partial charge in [-0.05, 0) is 5.92 Å². The molecule has 0 spiro atoms. The summed E-state index contributed by atoms with van der Waals surface area (Å²) in [4.78, 5) is 8.18. The summed E-state index contributed by atoms with van der Waals surface area (Å²) in [6.07, 6.45) is 6.69. The minimum Gasteiger partial charge on any atom is -0.255 e. The molecular formula is C11H11N3. The monoisotopic (exact) mass is 185 g/mol. The van der Waals surface area contributed by atoms with Crippen LogP contribution in [-0.4, -0.2) is 9.97 Å². The first-order valence-electron chi connectivity index (χ1n) is 4.23. The van der Waals surface area contributed by atoms with Gasteiger partial charge in [-0.2, -0.15) is 5.26 Å². The largest absolute Gasteiger partial charge is 0.255 e. The van der Waals surface area contributed by atoms with Crippen LogP contribution in [0.25, 0.3) is 0 Å². The van der Waals surface area contributed by atoms with Crippen LogP contribution in [0.1, 0.15) is 37.9 Å². The summed E-state index contributed by atoms with van der Waals surface area (Å²) in [5.74, 6) is 2.36. The molecule has 0 aromatic carbocycles. The summed E-state index contributed by atoms with van der Waals surface area (Å²) in [7, 11) is 0. The van der Waals surface area contributed by atoms with Gasteiger partial charge in [-0.15, -0.1) is 6.42 Å². The van der Waals surface area contributed by atoms with Crippen molar-refractivity contribution in [3.05, 3.63) is 23.3 Å². The molecule has 0 aliphatic rings. The fraction of sp³-hybridized carbons (Fsp3) is 0.364. The molecule has 0 aliphatic heterocycles. The van der Waals surface area contributed by atoms with Crippen molar-refractivity contribution >= 4 is 0 Å². The first kappa shape index (κ1) is 10.2. The Morgan fingerprint density at radius 2 is 2.07 bits per heavy atom. The zero-order chi connectivity index (χ0) is 10.8. The van der Waals surface area contributed by atoms with Crippen molar-refractivity contribution in [3.63, 3.8) is 0 Å². The Labute approximate surface area is 83.8 Å². The molecule has 1 heterocycles. The van der Waals surface area contributed by atoms with Crippen LogP contribution in [0.4, 0.5) is 0 Å². The van der Waals surface area contributed by atoms with Crippen LogP contribution in [0, 0.1) is 23.7 Å². The van der Waals surface area contributed by atoms with Gasteiger partial charge in [0, 0.05) is 5.41 Å². The summed E-state index contributed by atoms with van der Waals surface area (Å²) in [6, 6.07) is 2.01. The number of terminal acetylenes is 1. The fourth-order valence-corrected chi connectivity index (χ4v) is 1.09. The van der Waals surface area contributed by atoms with Crippen LogP contribution >= 0.6 is 0 Å². The molecule has 0 unspecified atom stereocenters. The summed E-state index contributed by atoms with van der Waals surface area (Å²) < 4.78 is 0. The lowest BCUT2D eigenvalue weighted by Gasteiger charge is -2.17. The molecule has 0 fully saturated rings. The molecule has 0 saturated carbocycles. The maximum Gasteiger partial charge on any atom is 0.163 e. The average Bonchev–Trinajstić information content (AvgIpc) is 2.15. The van der Waals surface area contributed by atoms with Crippen LogP contribution < -0.4 is 0 Å². The Morgan fingerprint density at radius 3 is 2.50 bits per heavy atom. The lowest BCUT2D eigenvalue weighted by Crippen LogP contribution is -2.17. The number of aromatic nitrogens is 2. The third-order valence-corrected chi connectivity index (χ3v) is 1.74. The lowest BCUT2D eigenvalue weighted by atomic mass is 9.90. The normalized spacial score (nSPS) is 10.4. The van der Waals surface area contributed by atoms with Gasteiger partial charge in [-0.3, -0.25) is 4.98 Å². The predicted octanol–water partition coefficient (Wildman–Crippen LogP) is 1.63. The van der Waals surface area contributed by atoms with Crippen molar-refractivity contribution in [1.29, 1.82) is 5.26 Å². The van der Waals surface area contributed by atoms with E-state index in [1.54, 1.807) is 0 Å². The molecule has 70 valence electrons. The van der Waals surface area contributed by atoms with Gasteiger partial charge in [0.1, 0.15) is 11.8 Å². The van der Waals surface area contributed by atoms with Gasteiger partial charge in [-0.25, -0.2) is 4.98 Å². The van der Waals surface area contributed by atoms with Crippen LogP contribution in [-0.2, 0) is 5.41 Å². The van der Waals surface area contributed by atoms with Crippen molar-refractivity contribution in [2.75, 3.05) is 0 Å². The summed E-state index contributed by atoms with van der Waals surface area (Å²) in [5, 5.41) is 8.88. The molecule has 14 heavy (non-hydrogen) atoms. The topological polar surface area (TPSA) is 49.6 Å². The van der Waals surface area contributed by atoms with Crippen LogP contribution in [0.5, 0.6) is 0 Å². The second kappa shape index (κ2) is 3.47. The zero-order valence-electron chi connectivity index (χ0n) is 8.50. The molecule has 0 amide bonds. The Balaban J connectivity index is 3.37. The molecule has 3 nitrogen and oxygen atoms in total. The number of hydrogen-bond donors (Lipinski definition) is 0. The van der Waals surface area contributed by atoms with E-state index in [9.17, 15) is 0 Å². The molecule has 0 saturated heterocycles. The summed E-state index contributed by atoms with van der Waals surface area (Å²) in [5.41, 5.74) is 1.20. The molecule has 0 bridgehead atoms. The minimum absolute atomic E-state index is 0.189. The van der Waals surface area contributed by atoms with Crippen molar-refractivity contribution in [2.24, 2.45) is 0 Å². The molecule has 1 aromatic heterocycles. The highest BCUT2D eigenvalue weighted by molar-refractivity contribution is 5.34. The third kappa shape index (κ3) is 1.89. The minimum atomic E-state index is -0.189. The van der Waals surface area contributed by atoms with Crippen molar-refractivity contribution in [2.45, 2.75) is 26.2 Å². The van der Waals surface area contributed by atoms with Crippen LogP contribution in [0.3, 0.4) is 0 Å². The molecule has 0 radical (unpaired) electrons. The van der Waals surface area contributed by atoms with Crippen molar-refractivity contribution < 1.29 is 0 Å². The van der Waals surface area contributed by atoms with Gasteiger partial charge >= 0.3 is 0 Å². The van der Waals surface area contributed by atoms with E-state index >= 15 is 0 Å². The summed E-state index contributed by atoms with van der Waals surface area (Å²) in [6.45, 7) is 5.94. The highest BCUT2D eigenvalue weighted by Crippen LogP contribution is 2.21. The highest BCUT2D eigenvalue weighted by atomic mass is 14.8. The van der Waals surface area contributed by atoms with Gasteiger partial charge in [0.2, 0.25) is 0 Å². The maximum absolute atomic E-state index is 8.88. The molecule has 0 atom stereocenters. The maximum atomic E-state index is 8.88. The number of nitriles is 1. The molecule has 1 aromatic rings. The first-order valence-corrected chi connectivity index (χ1v) is 4.23. The standard InChI is InChI=1S/C11H11N3/c1-5-8-7-13-10(11(2,3)4)9(6-12)14-8/h1,7H,2-4H3. The van der Waals surface area contributed by atoms with Gasteiger partial charge < -0.3 is 0 Å². The Kier molecular flexibility index (Phi) is 2.53. The van der Waals surface area contributed by atoms with E-state index in [2.05, 4.69) is 15.9 Å². The Morgan fingerprint density at radius 1 is 1.43 bits per heavy atom. The SMILES string of the molecule is C#Cc1cnc(C(C)(C)C)c(C#N)n1. The predicted molar refractivity (Wildman–Crippen MR) is 53.4 cm³/mol. The second-order valence-electron chi connectivity index (χ2n) is 3.96. The van der Waals surface area contributed by atoms with E-state index < -0.39 is 0 Å². The molecular weight excluding hydrogens is 174 g/mol. The van der Waals surface area contributed by atoms with Crippen molar-refractivity contribution in [3.8, 4) is 18.4 Å². The lowest BCUT2D eigenvalue weighted by molar-refractivity contribution is 0.562. The molecule has 1 rings (SSSR count). The van der Waals surface area contributed by atoms with E-state index in [0.29, 0.717) is 17.1 Å². The Bertz CT molecular complexity index is 427. The van der Waals surface area contributed by atoms with Gasteiger partial charge in [-0.1, -0.05) is 20.8 Å². The summed E-state index contributed by atoms with van der Waals surface area (Å²) >= 11 is 0. The molecule has 0 N–H and O–H groups in total. The number of rotatable bonds is 0. The zero-order valence-corrected chi connectivity index (χ0v) is 8.50.